The van der Waals surface area contributed by atoms with Gasteiger partial charge in [0.15, 0.2) is 5.76 Å². The third-order valence-corrected chi connectivity index (χ3v) is 5.82. The number of aryl methyl sites for hydroxylation is 1. The van der Waals surface area contributed by atoms with Gasteiger partial charge in [-0.25, -0.2) is 0 Å². The summed E-state index contributed by atoms with van der Waals surface area (Å²) in [4.78, 5) is 29.2. The summed E-state index contributed by atoms with van der Waals surface area (Å²) in [5, 5.41) is 2.78. The van der Waals surface area contributed by atoms with Crippen LogP contribution in [-0.2, 0) is 12.7 Å². The van der Waals surface area contributed by atoms with E-state index in [2.05, 4.69) is 10.2 Å². The lowest BCUT2D eigenvalue weighted by Crippen LogP contribution is -2.48. The van der Waals surface area contributed by atoms with Gasteiger partial charge in [0.2, 0.25) is 0 Å². The Bertz CT molecular complexity index is 1150. The Balaban J connectivity index is 1.34. The standard InChI is InChI=1S/C25H24F3N3O3/c1-17-4-7-19(15-21(17)29-23(32)22-3-2-14-34-22)24(33)31-12-10-30(11-13-31)16-18-5-8-20(9-6-18)25(26,27)28/h2-9,14-15H,10-13,16H2,1H3,(H,29,32). The molecule has 6 nitrogen and oxygen atoms in total. The topological polar surface area (TPSA) is 65.8 Å². The first-order valence-corrected chi connectivity index (χ1v) is 10.8. The second-order valence-corrected chi connectivity index (χ2v) is 8.22. The maximum Gasteiger partial charge on any atom is 0.416 e. The maximum absolute atomic E-state index is 13.0. The van der Waals surface area contributed by atoms with E-state index < -0.39 is 17.6 Å². The van der Waals surface area contributed by atoms with E-state index in [0.29, 0.717) is 44.0 Å². The van der Waals surface area contributed by atoms with Gasteiger partial charge >= 0.3 is 6.18 Å². The average Bonchev–Trinajstić information content (AvgIpc) is 3.36. The summed E-state index contributed by atoms with van der Waals surface area (Å²) in [6.07, 6.45) is -2.93. The molecule has 0 unspecified atom stereocenters. The highest BCUT2D eigenvalue weighted by molar-refractivity contribution is 6.04. The molecule has 0 radical (unpaired) electrons. The summed E-state index contributed by atoms with van der Waals surface area (Å²) in [6, 6.07) is 13.5. The van der Waals surface area contributed by atoms with Crippen LogP contribution in [0.5, 0.6) is 0 Å². The number of carbonyl (C=O) groups excluding carboxylic acids is 2. The number of nitrogens with zero attached hydrogens (tertiary/aromatic N) is 2. The van der Waals surface area contributed by atoms with Crippen molar-refractivity contribution in [2.75, 3.05) is 31.5 Å². The molecule has 3 aromatic rings. The SMILES string of the molecule is Cc1ccc(C(=O)N2CCN(Cc3ccc(C(F)(F)F)cc3)CC2)cc1NC(=O)c1ccco1. The molecular formula is C25H24F3N3O3. The summed E-state index contributed by atoms with van der Waals surface area (Å²) in [5.74, 6) is -0.349. The zero-order valence-corrected chi connectivity index (χ0v) is 18.6. The number of nitrogens with one attached hydrogen (secondary N) is 1. The van der Waals surface area contributed by atoms with Crippen LogP contribution in [0.2, 0.25) is 0 Å². The number of halogens is 3. The Hall–Kier alpha value is -3.59. The molecular weight excluding hydrogens is 447 g/mol. The zero-order valence-electron chi connectivity index (χ0n) is 18.6. The molecule has 1 saturated heterocycles. The van der Waals surface area contributed by atoms with Gasteiger partial charge in [0, 0.05) is 44.0 Å². The van der Waals surface area contributed by atoms with Crippen molar-refractivity contribution in [3.8, 4) is 0 Å². The van der Waals surface area contributed by atoms with Crippen molar-refractivity contribution in [2.45, 2.75) is 19.6 Å². The van der Waals surface area contributed by atoms with Gasteiger partial charge in [-0.3, -0.25) is 14.5 Å². The van der Waals surface area contributed by atoms with E-state index in [-0.39, 0.29) is 11.7 Å². The van der Waals surface area contributed by atoms with Crippen molar-refractivity contribution >= 4 is 17.5 Å². The van der Waals surface area contributed by atoms with Crippen LogP contribution >= 0.6 is 0 Å². The lowest BCUT2D eigenvalue weighted by atomic mass is 10.1. The van der Waals surface area contributed by atoms with Gasteiger partial charge in [0.25, 0.3) is 11.8 Å². The second-order valence-electron chi connectivity index (χ2n) is 8.22. The highest BCUT2D eigenvalue weighted by atomic mass is 19.4. The molecule has 0 aliphatic carbocycles. The van der Waals surface area contributed by atoms with E-state index >= 15 is 0 Å². The Morgan fingerprint density at radius 3 is 2.32 bits per heavy atom. The highest BCUT2D eigenvalue weighted by Gasteiger charge is 2.30. The molecule has 2 heterocycles. The number of anilines is 1. The number of amides is 2. The molecule has 2 amide bonds. The number of hydrogen-bond acceptors (Lipinski definition) is 4. The third-order valence-electron chi connectivity index (χ3n) is 5.82. The number of piperazine rings is 1. The maximum atomic E-state index is 13.0. The summed E-state index contributed by atoms with van der Waals surface area (Å²) in [7, 11) is 0. The van der Waals surface area contributed by atoms with Crippen LogP contribution < -0.4 is 5.32 Å². The van der Waals surface area contributed by atoms with Crippen LogP contribution in [0.1, 0.15) is 37.6 Å². The van der Waals surface area contributed by atoms with Gasteiger partial charge in [-0.2, -0.15) is 13.2 Å². The van der Waals surface area contributed by atoms with Gasteiger partial charge in [0.1, 0.15) is 0 Å². The van der Waals surface area contributed by atoms with E-state index in [0.717, 1.165) is 23.3 Å². The summed E-state index contributed by atoms with van der Waals surface area (Å²) >= 11 is 0. The fourth-order valence-electron chi connectivity index (χ4n) is 3.83. The van der Waals surface area contributed by atoms with Crippen molar-refractivity contribution in [3.05, 3.63) is 88.9 Å². The predicted octanol–water partition coefficient (Wildman–Crippen LogP) is 4.82. The van der Waals surface area contributed by atoms with Crippen molar-refractivity contribution in [2.24, 2.45) is 0 Å². The fraction of sp³-hybridized carbons (Fsp3) is 0.280. The van der Waals surface area contributed by atoms with Gasteiger partial charge in [-0.1, -0.05) is 18.2 Å². The largest absolute Gasteiger partial charge is 0.459 e. The molecule has 1 N–H and O–H groups in total. The first-order valence-electron chi connectivity index (χ1n) is 10.8. The molecule has 178 valence electrons. The molecule has 0 atom stereocenters. The van der Waals surface area contributed by atoms with Crippen molar-refractivity contribution < 1.29 is 27.2 Å². The molecule has 34 heavy (non-hydrogen) atoms. The van der Waals surface area contributed by atoms with Crippen LogP contribution in [0, 0.1) is 6.92 Å². The molecule has 4 rings (SSSR count). The minimum absolute atomic E-state index is 0.136. The van der Waals surface area contributed by atoms with E-state index in [1.807, 2.05) is 6.92 Å². The van der Waals surface area contributed by atoms with Crippen LogP contribution in [0.15, 0.2) is 65.3 Å². The number of benzene rings is 2. The molecule has 9 heteroatoms. The molecule has 1 aliphatic heterocycles. The van der Waals surface area contributed by atoms with E-state index in [1.165, 1.54) is 18.4 Å². The van der Waals surface area contributed by atoms with Gasteiger partial charge in [0.05, 0.1) is 11.8 Å². The summed E-state index contributed by atoms with van der Waals surface area (Å²) < 4.78 is 43.3. The van der Waals surface area contributed by atoms with E-state index in [1.54, 1.807) is 35.2 Å². The molecule has 0 bridgehead atoms. The predicted molar refractivity (Wildman–Crippen MR) is 120 cm³/mol. The van der Waals surface area contributed by atoms with E-state index in [4.69, 9.17) is 4.42 Å². The normalized spacial score (nSPS) is 14.8. The number of rotatable bonds is 5. The first-order chi connectivity index (χ1) is 16.2. The molecule has 1 aliphatic rings. The van der Waals surface area contributed by atoms with E-state index in [9.17, 15) is 22.8 Å². The minimum atomic E-state index is -4.35. The van der Waals surface area contributed by atoms with Gasteiger partial charge in [-0.15, -0.1) is 0 Å². The van der Waals surface area contributed by atoms with Crippen LogP contribution in [0.4, 0.5) is 18.9 Å². The first kappa shape index (κ1) is 23.6. The number of hydrogen-bond donors (Lipinski definition) is 1. The second kappa shape index (κ2) is 9.72. The molecule has 1 fully saturated rings. The summed E-state index contributed by atoms with van der Waals surface area (Å²) in [6.45, 7) is 4.59. The van der Waals surface area contributed by atoms with Gasteiger partial charge in [-0.05, 0) is 54.4 Å². The van der Waals surface area contributed by atoms with Crippen LogP contribution in [0.3, 0.4) is 0 Å². The Morgan fingerprint density at radius 2 is 1.71 bits per heavy atom. The smallest absolute Gasteiger partial charge is 0.416 e. The number of furan rings is 1. The number of carbonyl (C=O) groups is 2. The van der Waals surface area contributed by atoms with Crippen LogP contribution in [-0.4, -0.2) is 47.8 Å². The number of alkyl halides is 3. The van der Waals surface area contributed by atoms with Crippen LogP contribution in [0.25, 0.3) is 0 Å². The highest BCUT2D eigenvalue weighted by Crippen LogP contribution is 2.29. The van der Waals surface area contributed by atoms with Crippen molar-refractivity contribution in [1.82, 2.24) is 9.80 Å². The Kier molecular flexibility index (Phi) is 6.74. The minimum Gasteiger partial charge on any atom is -0.459 e. The summed E-state index contributed by atoms with van der Waals surface area (Å²) in [5.41, 5.74) is 1.95. The van der Waals surface area contributed by atoms with Gasteiger partial charge < -0.3 is 14.6 Å². The fourth-order valence-corrected chi connectivity index (χ4v) is 3.83. The quantitative estimate of drug-likeness (QED) is 0.580. The molecule has 0 saturated carbocycles. The monoisotopic (exact) mass is 471 g/mol. The lowest BCUT2D eigenvalue weighted by Gasteiger charge is -2.35. The lowest BCUT2D eigenvalue weighted by molar-refractivity contribution is -0.137. The third kappa shape index (κ3) is 5.48. The molecule has 1 aromatic heterocycles. The Labute approximate surface area is 195 Å². The zero-order chi connectivity index (χ0) is 24.3. The van der Waals surface area contributed by atoms with Crippen molar-refractivity contribution in [3.63, 3.8) is 0 Å². The van der Waals surface area contributed by atoms with Crippen molar-refractivity contribution in [1.29, 1.82) is 0 Å². The molecule has 0 spiro atoms. The Morgan fingerprint density at radius 1 is 1.00 bits per heavy atom. The average molecular weight is 471 g/mol. The molecule has 2 aromatic carbocycles.